The Morgan fingerprint density at radius 1 is 0.640 bits per heavy atom. The van der Waals surface area contributed by atoms with Crippen molar-refractivity contribution < 1.29 is 59.8 Å². The van der Waals surface area contributed by atoms with Crippen molar-refractivity contribution in [3.05, 3.63) is 99.2 Å². The van der Waals surface area contributed by atoms with Gasteiger partial charge in [-0.05, 0) is 25.0 Å². The second kappa shape index (κ2) is 12.9. The minimum Gasteiger partial charge on any atom is -0.518 e. The van der Waals surface area contributed by atoms with Crippen LogP contribution in [-0.2, 0) is 70.3 Å². The van der Waals surface area contributed by atoms with E-state index < -0.39 is 0 Å². The second-order valence-corrected chi connectivity index (χ2v) is 11.5. The summed E-state index contributed by atoms with van der Waals surface area (Å²) in [4.78, 5) is 17.3. The molecular weight excluding hydrogens is 999 g/mol. The molecule has 2 aromatic carbocycles. The van der Waals surface area contributed by atoms with Gasteiger partial charge in [-0.2, -0.15) is 0 Å². The maximum atomic E-state index is 5.73. The van der Waals surface area contributed by atoms with Crippen LogP contribution in [0, 0.1) is 24.7 Å². The van der Waals surface area contributed by atoms with Gasteiger partial charge in [0.15, 0.2) is 0 Å². The summed E-state index contributed by atoms with van der Waals surface area (Å²) in [5.41, 5.74) is 4.78. The normalized spacial score (nSPS) is 11.3. The van der Waals surface area contributed by atoms with Crippen molar-refractivity contribution in [2.45, 2.75) is 0 Å². The number of benzene rings is 2. The number of hydrogen-bond acceptors (Lipinski definition) is 8. The molecular formula is C36H24N8O4Pt2. The number of furan rings is 4. The van der Waals surface area contributed by atoms with Crippen LogP contribution in [-0.4, -0.2) is 38.2 Å². The average molecular weight is 1020 g/mol. The second-order valence-electron chi connectivity index (χ2n) is 11.5. The summed E-state index contributed by atoms with van der Waals surface area (Å²) in [5.74, 6) is 2.99. The van der Waals surface area contributed by atoms with Crippen LogP contribution in [0.25, 0.3) is 89.2 Å². The molecule has 0 unspecified atom stereocenters. The van der Waals surface area contributed by atoms with E-state index in [2.05, 4.69) is 44.6 Å². The molecule has 0 N–H and O–H groups in total. The topological polar surface area (TPSA) is 124 Å². The zero-order chi connectivity index (χ0) is 32.5. The van der Waals surface area contributed by atoms with Crippen LogP contribution in [0.15, 0.2) is 92.2 Å². The maximum Gasteiger partial charge on any atom is 2.00 e. The Kier molecular flexibility index (Phi) is 8.62. The van der Waals surface area contributed by atoms with Crippen molar-refractivity contribution in [2.24, 2.45) is 28.2 Å². The van der Waals surface area contributed by atoms with Gasteiger partial charge >= 0.3 is 42.1 Å². The third kappa shape index (κ3) is 5.49. The van der Waals surface area contributed by atoms with E-state index in [9.17, 15) is 0 Å². The first-order chi connectivity index (χ1) is 23.4. The molecule has 50 heavy (non-hydrogen) atoms. The molecule has 0 aliphatic carbocycles. The number of fused-ring (bicyclic) bond motifs is 4. The zero-order valence-corrected chi connectivity index (χ0v) is 31.3. The van der Waals surface area contributed by atoms with Gasteiger partial charge in [-0.1, -0.05) is 62.3 Å². The Labute approximate surface area is 312 Å². The Hall–Kier alpha value is -5.18. The molecule has 0 bridgehead atoms. The van der Waals surface area contributed by atoms with Gasteiger partial charge in [0.05, 0.1) is 47.7 Å². The predicted molar refractivity (Wildman–Crippen MR) is 176 cm³/mol. The van der Waals surface area contributed by atoms with Gasteiger partial charge in [0.25, 0.3) is 0 Å². The third-order valence-electron chi connectivity index (χ3n) is 8.22. The summed E-state index contributed by atoms with van der Waals surface area (Å²) in [6, 6.07) is 10.8. The molecule has 0 aliphatic heterocycles. The van der Waals surface area contributed by atoms with Crippen molar-refractivity contribution >= 4 is 43.5 Å². The summed E-state index contributed by atoms with van der Waals surface area (Å²) >= 11 is 0. The van der Waals surface area contributed by atoms with E-state index in [-0.39, 0.29) is 42.1 Å². The van der Waals surface area contributed by atoms with Crippen molar-refractivity contribution in [3.8, 4) is 45.7 Å². The Morgan fingerprint density at radius 2 is 1.28 bits per heavy atom. The molecule has 14 heteroatoms. The van der Waals surface area contributed by atoms with E-state index in [0.29, 0.717) is 11.5 Å². The van der Waals surface area contributed by atoms with E-state index >= 15 is 0 Å². The number of rotatable bonds is 4. The van der Waals surface area contributed by atoms with E-state index in [0.717, 1.165) is 77.6 Å². The number of imidazole rings is 4. The zero-order valence-electron chi connectivity index (χ0n) is 26.8. The fourth-order valence-corrected chi connectivity index (χ4v) is 5.87. The van der Waals surface area contributed by atoms with Gasteiger partial charge < -0.3 is 45.9 Å². The van der Waals surface area contributed by atoms with Gasteiger partial charge in [0.2, 0.25) is 0 Å². The first-order valence-corrected chi connectivity index (χ1v) is 14.9. The summed E-state index contributed by atoms with van der Waals surface area (Å²) in [7, 11) is 7.67. The van der Waals surface area contributed by atoms with Crippen LogP contribution in [0.1, 0.15) is 0 Å². The Bertz CT molecular complexity index is 2580. The molecule has 0 fully saturated rings. The molecule has 252 valence electrons. The number of nitrogens with zero attached hydrogens (tertiary/aromatic N) is 8. The van der Waals surface area contributed by atoms with Crippen molar-refractivity contribution in [1.82, 2.24) is 38.2 Å². The standard InChI is InChI=1S/2C18H12N4O2.2Pt/c2*1-21-7-15(20-10-21)17-12-6-13-14(18-19-3-4-22(18)2)9-23-16(13)5-11(12)8-24-17;;/h4-5,7-10H,1-2H3;3-5,7-9H,1-2H3;;/q2*-2;2*+2. The number of aryl methyl sites for hydroxylation is 4. The molecule has 0 aliphatic rings. The summed E-state index contributed by atoms with van der Waals surface area (Å²) in [5, 5.41) is 5.33. The molecule has 10 aromatic rings. The van der Waals surface area contributed by atoms with Crippen LogP contribution in [0.2, 0.25) is 0 Å². The summed E-state index contributed by atoms with van der Waals surface area (Å²) in [6.07, 6.45) is 23.5. The van der Waals surface area contributed by atoms with Gasteiger partial charge in [0, 0.05) is 51.0 Å². The van der Waals surface area contributed by atoms with Crippen molar-refractivity contribution in [3.63, 3.8) is 0 Å². The molecule has 0 saturated heterocycles. The third-order valence-corrected chi connectivity index (χ3v) is 8.22. The quantitative estimate of drug-likeness (QED) is 0.171. The first-order valence-electron chi connectivity index (χ1n) is 14.9. The SMILES string of the molecule is Cn1[c-]nc(-c2occ3cc4occ(-c5nccn5C)c4[c-]c23)c1.Cn1cnc(-c2occ3cc4occ(-c5n[c-]cn5C)c4[c-]c23)c1.[Pt+2].[Pt+2]. The smallest absolute Gasteiger partial charge is 0.518 e. The van der Waals surface area contributed by atoms with Gasteiger partial charge in [-0.3, -0.25) is 0 Å². The van der Waals surface area contributed by atoms with Crippen LogP contribution in [0.5, 0.6) is 0 Å². The van der Waals surface area contributed by atoms with Crippen LogP contribution >= 0.6 is 0 Å². The Balaban J connectivity index is 0.000000151. The van der Waals surface area contributed by atoms with Gasteiger partial charge in [0.1, 0.15) is 5.82 Å². The molecule has 0 saturated carbocycles. The van der Waals surface area contributed by atoms with Crippen molar-refractivity contribution in [2.75, 3.05) is 0 Å². The molecule has 12 nitrogen and oxygen atoms in total. The van der Waals surface area contributed by atoms with Crippen LogP contribution < -0.4 is 0 Å². The minimum absolute atomic E-state index is 0. The summed E-state index contributed by atoms with van der Waals surface area (Å²) < 4.78 is 30.3. The molecule has 8 aromatic heterocycles. The van der Waals surface area contributed by atoms with Gasteiger partial charge in [-0.15, -0.1) is 24.5 Å². The van der Waals surface area contributed by atoms with E-state index in [4.69, 9.17) is 17.7 Å². The predicted octanol–water partition coefficient (Wildman–Crippen LogP) is 7.16. The number of aromatic nitrogens is 8. The summed E-state index contributed by atoms with van der Waals surface area (Å²) in [6.45, 7) is 0. The number of hydrogen-bond donors (Lipinski definition) is 0. The largest absolute Gasteiger partial charge is 2.00 e. The molecule has 8 heterocycles. The minimum atomic E-state index is 0. The first kappa shape index (κ1) is 33.3. The monoisotopic (exact) mass is 1020 g/mol. The van der Waals surface area contributed by atoms with Crippen molar-refractivity contribution in [1.29, 1.82) is 0 Å². The molecule has 10 rings (SSSR count). The fourth-order valence-electron chi connectivity index (χ4n) is 5.87. The fraction of sp³-hybridized carbons (Fsp3) is 0.111. The average Bonchev–Trinajstić information content (AvgIpc) is 3.91. The Morgan fingerprint density at radius 3 is 1.80 bits per heavy atom. The van der Waals surface area contributed by atoms with Crippen LogP contribution in [0.3, 0.4) is 0 Å². The van der Waals surface area contributed by atoms with Gasteiger partial charge in [-0.25, -0.2) is 9.97 Å². The molecule has 0 atom stereocenters. The van der Waals surface area contributed by atoms with E-state index in [1.54, 1.807) is 48.3 Å². The molecule has 0 radical (unpaired) electrons. The maximum absolute atomic E-state index is 5.73. The molecule has 0 amide bonds. The van der Waals surface area contributed by atoms with E-state index in [1.165, 1.54) is 0 Å². The molecule has 0 spiro atoms. The van der Waals surface area contributed by atoms with E-state index in [1.807, 2.05) is 72.6 Å². The van der Waals surface area contributed by atoms with Crippen LogP contribution in [0.4, 0.5) is 0 Å².